The van der Waals surface area contributed by atoms with Gasteiger partial charge in [-0.25, -0.2) is 8.42 Å². The van der Waals surface area contributed by atoms with Gasteiger partial charge < -0.3 is 4.90 Å². The van der Waals surface area contributed by atoms with Crippen LogP contribution >= 0.6 is 23.2 Å². The maximum Gasteiger partial charge on any atom is 0.229 e. The molecule has 0 aliphatic heterocycles. The Morgan fingerprint density at radius 1 is 0.935 bits per heavy atom. The first-order valence-corrected chi connectivity index (χ1v) is 13.1. The van der Waals surface area contributed by atoms with Crippen LogP contribution in [0.15, 0.2) is 42.5 Å². The second-order valence-corrected chi connectivity index (χ2v) is 10.2. The van der Waals surface area contributed by atoms with Crippen LogP contribution in [-0.2, 0) is 27.7 Å². The second kappa shape index (κ2) is 12.3. The average Bonchev–Trinajstić information content (AvgIpc) is 2.70. The van der Waals surface area contributed by atoms with Gasteiger partial charge in [0.2, 0.25) is 15.9 Å². The van der Waals surface area contributed by atoms with E-state index in [0.717, 1.165) is 56.0 Å². The molecule has 0 bridgehead atoms. The summed E-state index contributed by atoms with van der Waals surface area (Å²) in [6, 6.07) is 12.8. The molecule has 31 heavy (non-hydrogen) atoms. The van der Waals surface area contributed by atoms with Crippen LogP contribution in [0.2, 0.25) is 10.0 Å². The molecule has 0 saturated heterocycles. The summed E-state index contributed by atoms with van der Waals surface area (Å²) >= 11 is 12.1. The predicted molar refractivity (Wildman–Crippen MR) is 130 cm³/mol. The van der Waals surface area contributed by atoms with Gasteiger partial charge in [-0.1, -0.05) is 54.7 Å². The number of amides is 1. The van der Waals surface area contributed by atoms with Gasteiger partial charge in [-0.2, -0.15) is 0 Å². The fourth-order valence-electron chi connectivity index (χ4n) is 3.22. The summed E-state index contributed by atoms with van der Waals surface area (Å²) in [4.78, 5) is 14.7. The quantitative estimate of drug-likeness (QED) is 0.428. The van der Waals surface area contributed by atoms with Gasteiger partial charge in [0.25, 0.3) is 0 Å². The number of unbranched alkanes of at least 4 members (excludes halogenated alkanes) is 1. The first kappa shape index (κ1) is 25.5. The summed E-state index contributed by atoms with van der Waals surface area (Å²) in [5.41, 5.74) is 2.67. The number of halogens is 2. The Morgan fingerprint density at radius 3 is 2.23 bits per heavy atom. The fraction of sp³-hybridized carbons (Fsp3) is 0.435. The topological polar surface area (TPSA) is 66.5 Å². The summed E-state index contributed by atoms with van der Waals surface area (Å²) in [6.45, 7) is 3.52. The zero-order valence-corrected chi connectivity index (χ0v) is 20.4. The van der Waals surface area contributed by atoms with Crippen LogP contribution in [0.5, 0.6) is 0 Å². The molecule has 0 aliphatic rings. The van der Waals surface area contributed by atoms with Crippen LogP contribution in [0.4, 0.5) is 5.69 Å². The molecule has 8 heteroatoms. The van der Waals surface area contributed by atoms with Crippen LogP contribution in [0.25, 0.3) is 0 Å². The van der Waals surface area contributed by atoms with E-state index in [0.29, 0.717) is 28.7 Å². The van der Waals surface area contributed by atoms with E-state index in [4.69, 9.17) is 23.2 Å². The highest BCUT2D eigenvalue weighted by molar-refractivity contribution is 7.92. The fourth-order valence-corrected chi connectivity index (χ4v) is 4.11. The molecule has 0 saturated carbocycles. The maximum atomic E-state index is 12.8. The largest absolute Gasteiger partial charge is 0.342 e. The Hall–Kier alpha value is -1.76. The molecule has 5 nitrogen and oxygen atoms in total. The van der Waals surface area contributed by atoms with Crippen molar-refractivity contribution >= 4 is 44.8 Å². The number of hydrogen-bond donors (Lipinski definition) is 1. The number of aryl methyl sites for hydroxylation is 1. The summed E-state index contributed by atoms with van der Waals surface area (Å²) in [6.07, 6.45) is 5.85. The molecule has 1 amide bonds. The number of carbonyl (C=O) groups is 1. The van der Waals surface area contributed by atoms with Gasteiger partial charge in [0, 0.05) is 25.2 Å². The number of sulfonamides is 1. The normalized spacial score (nSPS) is 11.4. The summed E-state index contributed by atoms with van der Waals surface area (Å²) in [5.74, 6) is 0.156. The number of anilines is 1. The van der Waals surface area contributed by atoms with Crippen LogP contribution in [0, 0.1) is 0 Å². The first-order chi connectivity index (χ1) is 14.7. The highest BCUT2D eigenvalue weighted by Crippen LogP contribution is 2.23. The summed E-state index contributed by atoms with van der Waals surface area (Å²) < 4.78 is 25.0. The number of carbonyl (C=O) groups excluding carboxylic acids is 1. The van der Waals surface area contributed by atoms with E-state index in [2.05, 4.69) is 11.6 Å². The zero-order chi connectivity index (χ0) is 22.9. The molecule has 170 valence electrons. The van der Waals surface area contributed by atoms with Crippen LogP contribution < -0.4 is 4.72 Å². The SMILES string of the molecule is CCCCN(CCc1ccc(Cl)c(Cl)c1)C(=O)CCCc1ccc(NS(C)(=O)=O)cc1. The Balaban J connectivity index is 1.86. The van der Waals surface area contributed by atoms with E-state index in [1.54, 1.807) is 18.2 Å². The van der Waals surface area contributed by atoms with Gasteiger partial charge in [0.05, 0.1) is 16.3 Å². The zero-order valence-electron chi connectivity index (χ0n) is 18.0. The molecule has 1 N–H and O–H groups in total. The van der Waals surface area contributed by atoms with Gasteiger partial charge in [-0.05, 0) is 61.1 Å². The molecule has 0 heterocycles. The Morgan fingerprint density at radius 2 is 1.61 bits per heavy atom. The third-order valence-electron chi connectivity index (χ3n) is 4.90. The third kappa shape index (κ3) is 9.50. The summed E-state index contributed by atoms with van der Waals surface area (Å²) in [5, 5.41) is 1.06. The standard InChI is InChI=1S/C23H30Cl2N2O3S/c1-3-4-15-27(16-14-19-10-13-21(24)22(25)17-19)23(28)7-5-6-18-8-11-20(12-9-18)26-31(2,29)30/h8-13,17,26H,3-7,14-16H2,1-2H3. The van der Waals surface area contributed by atoms with Gasteiger partial charge in [0.15, 0.2) is 0 Å². The molecular weight excluding hydrogens is 455 g/mol. The van der Waals surface area contributed by atoms with Crippen molar-refractivity contribution in [1.82, 2.24) is 4.90 Å². The van der Waals surface area contributed by atoms with Crippen molar-refractivity contribution < 1.29 is 13.2 Å². The smallest absolute Gasteiger partial charge is 0.229 e. The molecule has 0 spiro atoms. The lowest BCUT2D eigenvalue weighted by Crippen LogP contribution is -2.33. The number of nitrogens with one attached hydrogen (secondary N) is 1. The lowest BCUT2D eigenvalue weighted by molar-refractivity contribution is -0.131. The number of benzene rings is 2. The van der Waals surface area contributed by atoms with Gasteiger partial charge in [-0.15, -0.1) is 0 Å². The van der Waals surface area contributed by atoms with E-state index in [1.807, 2.05) is 29.2 Å². The van der Waals surface area contributed by atoms with Crippen LogP contribution in [0.3, 0.4) is 0 Å². The van der Waals surface area contributed by atoms with Gasteiger partial charge >= 0.3 is 0 Å². The van der Waals surface area contributed by atoms with Crippen molar-refractivity contribution in [3.63, 3.8) is 0 Å². The maximum absolute atomic E-state index is 12.8. The molecule has 2 aromatic carbocycles. The number of nitrogens with zero attached hydrogens (tertiary/aromatic N) is 1. The molecule has 2 aromatic rings. The third-order valence-corrected chi connectivity index (χ3v) is 6.25. The van der Waals surface area contributed by atoms with E-state index in [9.17, 15) is 13.2 Å². The molecular formula is C23H30Cl2N2O3S. The van der Waals surface area contributed by atoms with Crippen molar-refractivity contribution in [3.8, 4) is 0 Å². The van der Waals surface area contributed by atoms with Crippen molar-refractivity contribution in [2.24, 2.45) is 0 Å². The summed E-state index contributed by atoms with van der Waals surface area (Å²) in [7, 11) is -3.28. The second-order valence-electron chi connectivity index (χ2n) is 7.66. The first-order valence-electron chi connectivity index (χ1n) is 10.5. The lowest BCUT2D eigenvalue weighted by Gasteiger charge is -2.23. The average molecular weight is 485 g/mol. The molecule has 0 aliphatic carbocycles. The molecule has 0 fully saturated rings. The molecule has 0 aromatic heterocycles. The minimum Gasteiger partial charge on any atom is -0.342 e. The Kier molecular flexibility index (Phi) is 10.1. The van der Waals surface area contributed by atoms with E-state index >= 15 is 0 Å². The van der Waals surface area contributed by atoms with Crippen molar-refractivity contribution in [1.29, 1.82) is 0 Å². The minimum atomic E-state index is -3.28. The van der Waals surface area contributed by atoms with E-state index in [-0.39, 0.29) is 5.91 Å². The molecule has 0 radical (unpaired) electrons. The monoisotopic (exact) mass is 484 g/mol. The van der Waals surface area contributed by atoms with Crippen molar-refractivity contribution in [2.75, 3.05) is 24.1 Å². The van der Waals surface area contributed by atoms with Gasteiger partial charge in [-0.3, -0.25) is 9.52 Å². The van der Waals surface area contributed by atoms with Crippen molar-refractivity contribution in [2.45, 2.75) is 45.4 Å². The highest BCUT2D eigenvalue weighted by Gasteiger charge is 2.13. The Labute approximate surface area is 195 Å². The van der Waals surface area contributed by atoms with Crippen LogP contribution in [0.1, 0.15) is 43.7 Å². The lowest BCUT2D eigenvalue weighted by atomic mass is 10.1. The van der Waals surface area contributed by atoms with Crippen molar-refractivity contribution in [3.05, 3.63) is 63.6 Å². The van der Waals surface area contributed by atoms with Gasteiger partial charge in [0.1, 0.15) is 0 Å². The molecule has 2 rings (SSSR count). The van der Waals surface area contributed by atoms with E-state index < -0.39 is 10.0 Å². The number of rotatable bonds is 12. The predicted octanol–water partition coefficient (Wildman–Crippen LogP) is 5.56. The molecule has 0 unspecified atom stereocenters. The number of hydrogen-bond acceptors (Lipinski definition) is 3. The molecule has 0 atom stereocenters. The highest BCUT2D eigenvalue weighted by atomic mass is 35.5. The Bertz CT molecular complexity index is 963. The van der Waals surface area contributed by atoms with Crippen LogP contribution in [-0.4, -0.2) is 38.6 Å². The minimum absolute atomic E-state index is 0.156. The van der Waals surface area contributed by atoms with E-state index in [1.165, 1.54) is 0 Å².